The van der Waals surface area contributed by atoms with E-state index in [4.69, 9.17) is 14.2 Å². The van der Waals surface area contributed by atoms with E-state index in [-0.39, 0.29) is 17.4 Å². The third-order valence-corrected chi connectivity index (χ3v) is 7.04. The molecule has 0 saturated heterocycles. The minimum absolute atomic E-state index is 0.141. The molecular formula is C34H34F8O6. The Kier molecular flexibility index (Phi) is 13.4. The Balaban J connectivity index is 1.48. The molecule has 0 unspecified atom stereocenters. The van der Waals surface area contributed by atoms with Crippen LogP contribution >= 0.6 is 0 Å². The van der Waals surface area contributed by atoms with Crippen molar-refractivity contribution in [3.8, 4) is 22.6 Å². The van der Waals surface area contributed by atoms with Crippen molar-refractivity contribution in [2.24, 2.45) is 0 Å². The predicted octanol–water partition coefficient (Wildman–Crippen LogP) is 9.46. The van der Waals surface area contributed by atoms with Crippen molar-refractivity contribution in [3.63, 3.8) is 0 Å². The molecule has 0 aliphatic carbocycles. The van der Waals surface area contributed by atoms with Crippen molar-refractivity contribution in [2.75, 3.05) is 19.8 Å². The minimum Gasteiger partial charge on any atom is -0.488 e. The number of alkyl halides is 7. The highest BCUT2D eigenvalue weighted by Crippen LogP contribution is 2.46. The minimum atomic E-state index is -6.48. The Labute approximate surface area is 271 Å². The molecule has 48 heavy (non-hydrogen) atoms. The van der Waals surface area contributed by atoms with Crippen molar-refractivity contribution in [1.29, 1.82) is 0 Å². The summed E-state index contributed by atoms with van der Waals surface area (Å²) < 4.78 is 123. The fourth-order valence-electron chi connectivity index (χ4n) is 4.30. The second-order valence-corrected chi connectivity index (χ2v) is 10.9. The molecule has 0 amide bonds. The van der Waals surface area contributed by atoms with Gasteiger partial charge in [0.05, 0.1) is 23.8 Å². The normalized spacial score (nSPS) is 12.8. The summed E-state index contributed by atoms with van der Waals surface area (Å²) in [4.78, 5) is 25.0. The Morgan fingerprint density at radius 1 is 0.750 bits per heavy atom. The van der Waals surface area contributed by atoms with Gasteiger partial charge in [0.2, 0.25) is 0 Å². The summed E-state index contributed by atoms with van der Waals surface area (Å²) in [5, 5.41) is 0. The number of hydrogen-bond donors (Lipinski definition) is 0. The maximum Gasteiger partial charge on any atom is 0.459 e. The summed E-state index contributed by atoms with van der Waals surface area (Å²) in [6, 6.07) is 16.1. The molecule has 0 bridgehead atoms. The van der Waals surface area contributed by atoms with Crippen LogP contribution in [0.5, 0.6) is 11.5 Å². The summed E-state index contributed by atoms with van der Waals surface area (Å²) in [5.41, 5.74) is 1.74. The van der Waals surface area contributed by atoms with Gasteiger partial charge in [-0.25, -0.2) is 14.0 Å². The molecule has 0 heterocycles. The van der Waals surface area contributed by atoms with E-state index in [2.05, 4.69) is 11.7 Å². The van der Waals surface area contributed by atoms with E-state index in [1.54, 1.807) is 36.4 Å². The lowest BCUT2D eigenvalue weighted by atomic mass is 10.0. The highest BCUT2D eigenvalue weighted by molar-refractivity contribution is 5.91. The van der Waals surface area contributed by atoms with E-state index >= 15 is 0 Å². The lowest BCUT2D eigenvalue weighted by molar-refractivity contribution is -0.361. The van der Waals surface area contributed by atoms with E-state index in [0.29, 0.717) is 5.56 Å². The van der Waals surface area contributed by atoms with Crippen molar-refractivity contribution in [3.05, 3.63) is 83.7 Å². The second-order valence-electron chi connectivity index (χ2n) is 10.9. The zero-order valence-electron chi connectivity index (χ0n) is 26.1. The molecule has 0 radical (unpaired) electrons. The third kappa shape index (κ3) is 10.4. The molecule has 0 aromatic heterocycles. The molecule has 14 heteroatoms. The number of carbonyl (C=O) groups is 2. The molecule has 0 saturated carbocycles. The molecule has 0 aliphatic rings. The smallest absolute Gasteiger partial charge is 0.459 e. The van der Waals surface area contributed by atoms with E-state index in [1.807, 2.05) is 6.92 Å². The Morgan fingerprint density at radius 3 is 1.94 bits per heavy atom. The van der Waals surface area contributed by atoms with Gasteiger partial charge in [-0.05, 0) is 73.4 Å². The van der Waals surface area contributed by atoms with Crippen molar-refractivity contribution in [1.82, 2.24) is 0 Å². The van der Waals surface area contributed by atoms with Gasteiger partial charge >= 0.3 is 30.0 Å². The molecule has 1 atom stereocenters. The Hall–Kier alpha value is -4.20. The first kappa shape index (κ1) is 38.2. The summed E-state index contributed by atoms with van der Waals surface area (Å²) >= 11 is 0. The number of unbranched alkanes of at least 4 members (excludes halogenated alkanes) is 3. The van der Waals surface area contributed by atoms with Gasteiger partial charge in [-0.1, -0.05) is 50.5 Å². The lowest BCUT2D eigenvalue weighted by Crippen LogP contribution is -2.54. The van der Waals surface area contributed by atoms with E-state index in [9.17, 15) is 44.7 Å². The first-order valence-electron chi connectivity index (χ1n) is 15.0. The zero-order chi connectivity index (χ0) is 35.5. The number of rotatable bonds is 17. The van der Waals surface area contributed by atoms with Crippen molar-refractivity contribution < 1.29 is 63.7 Å². The number of halogens is 8. The molecule has 3 aromatic carbocycles. The first-order chi connectivity index (χ1) is 22.6. The molecule has 3 aromatic rings. The zero-order valence-corrected chi connectivity index (χ0v) is 26.1. The Bertz CT molecular complexity index is 1490. The SMILES string of the molecule is CCCCCC[C@@H](C)OC(=O)c1ccc(-c2ccc(OC(=O)c3ccc(OCCOCC(F)(F)C(F)(F)C(F)(F)F)c(F)c3)cc2)cc1. The van der Waals surface area contributed by atoms with Crippen LogP contribution in [0.1, 0.15) is 66.7 Å². The van der Waals surface area contributed by atoms with Crippen LogP contribution in [-0.4, -0.2) is 55.9 Å². The fourth-order valence-corrected chi connectivity index (χ4v) is 4.30. The topological polar surface area (TPSA) is 71.1 Å². The van der Waals surface area contributed by atoms with E-state index in [1.165, 1.54) is 12.1 Å². The van der Waals surface area contributed by atoms with Gasteiger partial charge in [0.1, 0.15) is 19.0 Å². The van der Waals surface area contributed by atoms with Crippen molar-refractivity contribution >= 4 is 11.9 Å². The first-order valence-corrected chi connectivity index (χ1v) is 15.0. The fraction of sp³-hybridized carbons (Fsp3) is 0.412. The molecule has 262 valence electrons. The van der Waals surface area contributed by atoms with Crippen LogP contribution in [0.2, 0.25) is 0 Å². The molecule has 0 fully saturated rings. The van der Waals surface area contributed by atoms with Gasteiger partial charge in [-0.15, -0.1) is 0 Å². The summed E-state index contributed by atoms with van der Waals surface area (Å²) in [5.74, 6) is -14.6. The molecular weight excluding hydrogens is 656 g/mol. The van der Waals surface area contributed by atoms with Gasteiger partial charge in [0.25, 0.3) is 0 Å². The molecule has 3 rings (SSSR count). The van der Waals surface area contributed by atoms with Gasteiger partial charge in [0.15, 0.2) is 11.6 Å². The van der Waals surface area contributed by atoms with Crippen LogP contribution in [0.15, 0.2) is 66.7 Å². The second kappa shape index (κ2) is 16.8. The highest BCUT2D eigenvalue weighted by Gasteiger charge is 2.73. The van der Waals surface area contributed by atoms with Crippen LogP contribution in [-0.2, 0) is 9.47 Å². The van der Waals surface area contributed by atoms with Crippen LogP contribution in [0.3, 0.4) is 0 Å². The van der Waals surface area contributed by atoms with Crippen LogP contribution in [0, 0.1) is 5.82 Å². The largest absolute Gasteiger partial charge is 0.488 e. The van der Waals surface area contributed by atoms with Crippen molar-refractivity contribution in [2.45, 2.75) is 70.1 Å². The van der Waals surface area contributed by atoms with Gasteiger partial charge in [-0.2, -0.15) is 30.7 Å². The monoisotopic (exact) mass is 690 g/mol. The molecule has 0 spiro atoms. The number of esters is 2. The molecule has 6 nitrogen and oxygen atoms in total. The van der Waals surface area contributed by atoms with E-state index in [0.717, 1.165) is 61.4 Å². The lowest BCUT2D eigenvalue weighted by Gasteiger charge is -2.27. The maximum absolute atomic E-state index is 14.4. The van der Waals surface area contributed by atoms with Gasteiger partial charge < -0.3 is 18.9 Å². The number of ether oxygens (including phenoxy) is 4. The predicted molar refractivity (Wildman–Crippen MR) is 159 cm³/mol. The van der Waals surface area contributed by atoms with Crippen LogP contribution < -0.4 is 9.47 Å². The summed E-state index contributed by atoms with van der Waals surface area (Å²) in [6.45, 7) is 0.211. The van der Waals surface area contributed by atoms with Gasteiger partial charge in [-0.3, -0.25) is 0 Å². The van der Waals surface area contributed by atoms with E-state index < -0.39 is 61.3 Å². The maximum atomic E-state index is 14.4. The number of hydrogen-bond acceptors (Lipinski definition) is 6. The quantitative estimate of drug-likeness (QED) is 0.0609. The number of carbonyl (C=O) groups excluding carboxylic acids is 2. The summed E-state index contributed by atoms with van der Waals surface area (Å²) in [6.07, 6.45) is -1.50. The van der Waals surface area contributed by atoms with Crippen LogP contribution in [0.4, 0.5) is 35.1 Å². The Morgan fingerprint density at radius 2 is 1.35 bits per heavy atom. The average molecular weight is 691 g/mol. The summed E-state index contributed by atoms with van der Waals surface area (Å²) in [7, 11) is 0. The highest BCUT2D eigenvalue weighted by atomic mass is 19.4. The average Bonchev–Trinajstić information content (AvgIpc) is 3.03. The third-order valence-electron chi connectivity index (χ3n) is 7.04. The van der Waals surface area contributed by atoms with Gasteiger partial charge in [0, 0.05) is 0 Å². The molecule has 0 aliphatic heterocycles. The molecule has 0 N–H and O–H groups in total. The standard InChI is InChI=1S/C34H34F8O6/c1-3-4-5-6-7-22(2)47-30(43)25-10-8-23(9-11-25)24-12-15-27(16-13-24)48-31(44)26-14-17-29(28(35)20-26)46-19-18-45-21-32(36,37)33(38,39)34(40,41)42/h8-17,20,22H,3-7,18-19,21H2,1-2H3/t22-/m1/s1. The number of benzene rings is 3. The van der Waals surface area contributed by atoms with Crippen LogP contribution in [0.25, 0.3) is 11.1 Å².